The van der Waals surface area contributed by atoms with Crippen LogP contribution in [0.4, 0.5) is 0 Å². The SMILES string of the molecule is O=C(CCc1nc(-c2ccsc2)no1)NCCc1c[nH]c2ccccc12. The number of aromatic nitrogens is 3. The molecule has 1 aromatic carbocycles. The number of aryl methyl sites for hydroxylation is 1. The number of thiophene rings is 1. The number of carbonyl (C=O) groups excluding carboxylic acids is 1. The summed E-state index contributed by atoms with van der Waals surface area (Å²) < 4.78 is 5.21. The van der Waals surface area contributed by atoms with Crippen LogP contribution in [0.5, 0.6) is 0 Å². The Morgan fingerprint density at radius 3 is 3.04 bits per heavy atom. The third-order valence-electron chi connectivity index (χ3n) is 4.20. The Labute approximate surface area is 154 Å². The summed E-state index contributed by atoms with van der Waals surface area (Å²) >= 11 is 1.58. The molecular weight excluding hydrogens is 348 g/mol. The fourth-order valence-electron chi connectivity index (χ4n) is 2.85. The summed E-state index contributed by atoms with van der Waals surface area (Å²) in [7, 11) is 0. The molecule has 0 spiro atoms. The third kappa shape index (κ3) is 3.67. The van der Waals surface area contributed by atoms with Crippen molar-refractivity contribution in [1.82, 2.24) is 20.4 Å². The first-order chi connectivity index (χ1) is 12.8. The van der Waals surface area contributed by atoms with E-state index >= 15 is 0 Å². The lowest BCUT2D eigenvalue weighted by Gasteiger charge is -2.03. The Kier molecular flexibility index (Phi) is 4.79. The van der Waals surface area contributed by atoms with E-state index in [1.807, 2.05) is 41.2 Å². The van der Waals surface area contributed by atoms with Crippen LogP contribution in [0.3, 0.4) is 0 Å². The van der Waals surface area contributed by atoms with Crippen molar-refractivity contribution in [2.45, 2.75) is 19.3 Å². The summed E-state index contributed by atoms with van der Waals surface area (Å²) in [4.78, 5) is 19.6. The molecule has 0 radical (unpaired) electrons. The quantitative estimate of drug-likeness (QED) is 0.524. The third-order valence-corrected chi connectivity index (χ3v) is 4.89. The number of rotatable bonds is 7. The van der Waals surface area contributed by atoms with Crippen LogP contribution < -0.4 is 5.32 Å². The molecule has 26 heavy (non-hydrogen) atoms. The Hall–Kier alpha value is -2.93. The Balaban J connectivity index is 1.24. The molecule has 4 aromatic rings. The standard InChI is InChI=1S/C19H18N4O2S/c24-17(5-6-18-22-19(23-25-18)14-8-10-26-12-14)20-9-7-13-11-21-16-4-2-1-3-15(13)16/h1-4,8,10-12,21H,5-7,9H2,(H,20,24). The Morgan fingerprint density at radius 1 is 1.23 bits per heavy atom. The first-order valence-electron chi connectivity index (χ1n) is 8.46. The number of amides is 1. The smallest absolute Gasteiger partial charge is 0.227 e. The molecule has 2 N–H and O–H groups in total. The van der Waals surface area contributed by atoms with E-state index in [0.29, 0.717) is 31.1 Å². The lowest BCUT2D eigenvalue weighted by atomic mass is 10.1. The molecule has 0 aliphatic heterocycles. The molecule has 0 unspecified atom stereocenters. The molecule has 132 valence electrons. The average Bonchev–Trinajstić information content (AvgIpc) is 3.40. The van der Waals surface area contributed by atoms with Crippen LogP contribution in [0.15, 0.2) is 51.8 Å². The highest BCUT2D eigenvalue weighted by molar-refractivity contribution is 7.08. The second-order valence-corrected chi connectivity index (χ2v) is 6.76. The maximum absolute atomic E-state index is 12.0. The van der Waals surface area contributed by atoms with E-state index in [4.69, 9.17) is 4.52 Å². The number of carbonyl (C=O) groups is 1. The molecule has 7 heteroatoms. The first kappa shape index (κ1) is 16.5. The lowest BCUT2D eigenvalue weighted by Crippen LogP contribution is -2.25. The molecule has 0 fully saturated rings. The summed E-state index contributed by atoms with van der Waals surface area (Å²) in [6.45, 7) is 0.602. The topological polar surface area (TPSA) is 83.8 Å². The molecule has 1 amide bonds. The van der Waals surface area contributed by atoms with Crippen LogP contribution in [0.25, 0.3) is 22.3 Å². The predicted molar refractivity (Wildman–Crippen MR) is 101 cm³/mol. The fraction of sp³-hybridized carbons (Fsp3) is 0.211. The number of H-pyrrole nitrogens is 1. The monoisotopic (exact) mass is 366 g/mol. The molecule has 3 aromatic heterocycles. The van der Waals surface area contributed by atoms with Crippen LogP contribution >= 0.6 is 11.3 Å². The molecular formula is C19H18N4O2S. The zero-order chi connectivity index (χ0) is 17.8. The molecule has 0 saturated carbocycles. The predicted octanol–water partition coefficient (Wildman–Crippen LogP) is 3.57. The van der Waals surface area contributed by atoms with Gasteiger partial charge in [-0.25, -0.2) is 0 Å². The number of aromatic amines is 1. The molecule has 6 nitrogen and oxygen atoms in total. The average molecular weight is 366 g/mol. The number of nitrogens with one attached hydrogen (secondary N) is 2. The summed E-state index contributed by atoms with van der Waals surface area (Å²) in [6, 6.07) is 10.1. The van der Waals surface area contributed by atoms with E-state index in [2.05, 4.69) is 26.5 Å². The second kappa shape index (κ2) is 7.53. The van der Waals surface area contributed by atoms with E-state index in [1.165, 1.54) is 10.9 Å². The van der Waals surface area contributed by atoms with Crippen molar-refractivity contribution in [2.75, 3.05) is 6.54 Å². The van der Waals surface area contributed by atoms with Crippen molar-refractivity contribution in [3.05, 3.63) is 58.7 Å². The first-order valence-corrected chi connectivity index (χ1v) is 9.41. The molecule has 4 rings (SSSR count). The molecule has 0 bridgehead atoms. The molecule has 3 heterocycles. The highest BCUT2D eigenvalue weighted by Gasteiger charge is 2.11. The van der Waals surface area contributed by atoms with E-state index in [9.17, 15) is 4.79 Å². The Morgan fingerprint density at radius 2 is 2.15 bits per heavy atom. The van der Waals surface area contributed by atoms with Gasteiger partial charge in [0.05, 0.1) is 0 Å². The molecule has 0 aliphatic rings. The van der Waals surface area contributed by atoms with Crippen LogP contribution in [0.1, 0.15) is 17.9 Å². The number of para-hydroxylation sites is 1. The van der Waals surface area contributed by atoms with Gasteiger partial charge in [-0.05, 0) is 29.5 Å². The van der Waals surface area contributed by atoms with Gasteiger partial charge in [-0.1, -0.05) is 23.4 Å². The summed E-state index contributed by atoms with van der Waals surface area (Å²) in [5.41, 5.74) is 3.26. The number of fused-ring (bicyclic) bond motifs is 1. The van der Waals surface area contributed by atoms with Gasteiger partial charge in [0.1, 0.15) is 0 Å². The van der Waals surface area contributed by atoms with E-state index in [-0.39, 0.29) is 5.91 Å². The molecule has 0 saturated heterocycles. The normalized spacial score (nSPS) is 11.1. The maximum Gasteiger partial charge on any atom is 0.227 e. The van der Waals surface area contributed by atoms with Gasteiger partial charge in [-0.15, -0.1) is 0 Å². The van der Waals surface area contributed by atoms with Gasteiger partial charge in [0, 0.05) is 47.4 Å². The van der Waals surface area contributed by atoms with Crippen LogP contribution in [-0.2, 0) is 17.6 Å². The minimum Gasteiger partial charge on any atom is -0.361 e. The number of hydrogen-bond donors (Lipinski definition) is 2. The van der Waals surface area contributed by atoms with Crippen molar-refractivity contribution in [3.63, 3.8) is 0 Å². The number of benzene rings is 1. The van der Waals surface area contributed by atoms with Gasteiger partial charge in [-0.2, -0.15) is 16.3 Å². The van der Waals surface area contributed by atoms with Gasteiger partial charge >= 0.3 is 0 Å². The van der Waals surface area contributed by atoms with Gasteiger partial charge in [0.15, 0.2) is 0 Å². The zero-order valence-corrected chi connectivity index (χ0v) is 14.9. The molecule has 0 atom stereocenters. The van der Waals surface area contributed by atoms with Crippen molar-refractivity contribution >= 4 is 28.1 Å². The fourth-order valence-corrected chi connectivity index (χ4v) is 3.48. The minimum absolute atomic E-state index is 0.0138. The van der Waals surface area contributed by atoms with Crippen molar-refractivity contribution < 1.29 is 9.32 Å². The van der Waals surface area contributed by atoms with E-state index in [0.717, 1.165) is 17.5 Å². The van der Waals surface area contributed by atoms with Gasteiger partial charge in [0.2, 0.25) is 17.6 Å². The lowest BCUT2D eigenvalue weighted by molar-refractivity contribution is -0.121. The van der Waals surface area contributed by atoms with E-state index < -0.39 is 0 Å². The van der Waals surface area contributed by atoms with Crippen LogP contribution in [0, 0.1) is 0 Å². The van der Waals surface area contributed by atoms with Gasteiger partial charge in [-0.3, -0.25) is 4.79 Å². The van der Waals surface area contributed by atoms with Gasteiger partial charge in [0.25, 0.3) is 0 Å². The Bertz CT molecular complexity index is 1000. The highest BCUT2D eigenvalue weighted by Crippen LogP contribution is 2.19. The van der Waals surface area contributed by atoms with Crippen LogP contribution in [0.2, 0.25) is 0 Å². The zero-order valence-electron chi connectivity index (χ0n) is 14.1. The van der Waals surface area contributed by atoms with Crippen LogP contribution in [-0.4, -0.2) is 27.6 Å². The summed E-state index contributed by atoms with van der Waals surface area (Å²) in [6.07, 6.45) is 3.56. The highest BCUT2D eigenvalue weighted by atomic mass is 32.1. The molecule has 0 aliphatic carbocycles. The minimum atomic E-state index is -0.0138. The summed E-state index contributed by atoms with van der Waals surface area (Å²) in [5.74, 6) is 1.04. The van der Waals surface area contributed by atoms with Crippen molar-refractivity contribution in [2.24, 2.45) is 0 Å². The van der Waals surface area contributed by atoms with Crippen molar-refractivity contribution in [1.29, 1.82) is 0 Å². The van der Waals surface area contributed by atoms with Crippen molar-refractivity contribution in [3.8, 4) is 11.4 Å². The number of hydrogen-bond acceptors (Lipinski definition) is 5. The second-order valence-electron chi connectivity index (χ2n) is 5.98. The van der Waals surface area contributed by atoms with Gasteiger partial charge < -0.3 is 14.8 Å². The largest absolute Gasteiger partial charge is 0.361 e. The maximum atomic E-state index is 12.0. The number of nitrogens with zero attached hydrogens (tertiary/aromatic N) is 2. The van der Waals surface area contributed by atoms with E-state index in [1.54, 1.807) is 11.3 Å². The summed E-state index contributed by atoms with van der Waals surface area (Å²) in [5, 5.41) is 12.0.